The van der Waals surface area contributed by atoms with Crippen LogP contribution in [0.2, 0.25) is 0 Å². The summed E-state index contributed by atoms with van der Waals surface area (Å²) in [5, 5.41) is 12.6. The molecule has 5 nitrogen and oxygen atoms in total. The van der Waals surface area contributed by atoms with Crippen LogP contribution in [0.5, 0.6) is 0 Å². The maximum atomic E-state index is 10.6. The quantitative estimate of drug-likeness (QED) is 0.714. The third-order valence-corrected chi connectivity index (χ3v) is 2.13. The van der Waals surface area contributed by atoms with Gasteiger partial charge in [-0.15, -0.1) is 0 Å². The van der Waals surface area contributed by atoms with Crippen molar-refractivity contribution in [2.45, 2.75) is 19.4 Å². The number of rotatable bonds is 3. The lowest BCUT2D eigenvalue weighted by Crippen LogP contribution is -2.04. The third kappa shape index (κ3) is 1.63. The number of nitrogens with zero attached hydrogens (tertiary/aromatic N) is 2. The van der Waals surface area contributed by atoms with E-state index in [-0.39, 0.29) is 11.4 Å². The number of carbonyl (C=O) groups is 1. The molecule has 0 aliphatic heterocycles. The lowest BCUT2D eigenvalue weighted by atomic mass is 10.4. The second-order valence-electron chi connectivity index (χ2n) is 3.40. The zero-order valence-corrected chi connectivity index (χ0v) is 7.10. The fourth-order valence-electron chi connectivity index (χ4n) is 1.26. The maximum absolute atomic E-state index is 10.6. The number of nitrogen functional groups attached to an aromatic ring is 1. The van der Waals surface area contributed by atoms with Gasteiger partial charge in [0.15, 0.2) is 5.69 Å². The average Bonchev–Trinajstić information content (AvgIpc) is 2.75. The van der Waals surface area contributed by atoms with Crippen LogP contribution in [0.3, 0.4) is 0 Å². The predicted octanol–water partition coefficient (Wildman–Crippen LogP) is 0.574. The van der Waals surface area contributed by atoms with Crippen LogP contribution in [0.4, 0.5) is 5.69 Å². The van der Waals surface area contributed by atoms with Crippen LogP contribution in [-0.4, -0.2) is 20.9 Å². The normalized spacial score (nSPS) is 16.0. The molecule has 13 heavy (non-hydrogen) atoms. The Morgan fingerprint density at radius 3 is 2.92 bits per heavy atom. The molecule has 1 heterocycles. The first-order valence-electron chi connectivity index (χ1n) is 4.23. The van der Waals surface area contributed by atoms with Crippen LogP contribution in [-0.2, 0) is 6.54 Å². The number of aromatic carboxylic acids is 1. The molecule has 1 saturated carbocycles. The van der Waals surface area contributed by atoms with Gasteiger partial charge in [-0.25, -0.2) is 4.79 Å². The molecular weight excluding hydrogens is 170 g/mol. The highest BCUT2D eigenvalue weighted by atomic mass is 16.4. The molecule has 0 amide bonds. The van der Waals surface area contributed by atoms with Crippen molar-refractivity contribution in [3.05, 3.63) is 11.9 Å². The topological polar surface area (TPSA) is 81.1 Å². The lowest BCUT2D eigenvalue weighted by Gasteiger charge is -1.95. The standard InChI is InChI=1S/C8H11N3O2/c9-6-4-11(3-5-1-2-5)10-7(6)8(12)13/h4-5H,1-3,9H2,(H,12,13). The molecular formula is C8H11N3O2. The van der Waals surface area contributed by atoms with Gasteiger partial charge in [0, 0.05) is 12.7 Å². The number of aromatic nitrogens is 2. The molecule has 0 saturated heterocycles. The van der Waals surface area contributed by atoms with Gasteiger partial charge in [0.05, 0.1) is 5.69 Å². The fraction of sp³-hybridized carbons (Fsp3) is 0.500. The minimum atomic E-state index is -1.06. The highest BCUT2D eigenvalue weighted by Gasteiger charge is 2.23. The number of hydrogen-bond donors (Lipinski definition) is 2. The van der Waals surface area contributed by atoms with E-state index in [1.54, 1.807) is 10.9 Å². The Morgan fingerprint density at radius 2 is 2.46 bits per heavy atom. The van der Waals surface area contributed by atoms with E-state index in [2.05, 4.69) is 5.10 Å². The van der Waals surface area contributed by atoms with Gasteiger partial charge in [-0.3, -0.25) is 4.68 Å². The summed E-state index contributed by atoms with van der Waals surface area (Å²) < 4.78 is 1.62. The van der Waals surface area contributed by atoms with Crippen molar-refractivity contribution >= 4 is 11.7 Å². The Bertz CT molecular complexity index is 341. The third-order valence-electron chi connectivity index (χ3n) is 2.13. The second-order valence-corrected chi connectivity index (χ2v) is 3.40. The molecule has 0 radical (unpaired) electrons. The maximum Gasteiger partial charge on any atom is 0.358 e. The molecule has 0 atom stereocenters. The van der Waals surface area contributed by atoms with E-state index < -0.39 is 5.97 Å². The zero-order valence-electron chi connectivity index (χ0n) is 7.10. The van der Waals surface area contributed by atoms with Crippen molar-refractivity contribution in [3.8, 4) is 0 Å². The summed E-state index contributed by atoms with van der Waals surface area (Å²) in [5.41, 5.74) is 5.68. The van der Waals surface area contributed by atoms with Gasteiger partial charge in [0.25, 0.3) is 0 Å². The van der Waals surface area contributed by atoms with Crippen molar-refractivity contribution in [2.24, 2.45) is 5.92 Å². The van der Waals surface area contributed by atoms with Crippen molar-refractivity contribution in [2.75, 3.05) is 5.73 Å². The van der Waals surface area contributed by atoms with E-state index in [1.807, 2.05) is 0 Å². The van der Waals surface area contributed by atoms with Gasteiger partial charge in [-0.1, -0.05) is 0 Å². The molecule has 1 aliphatic rings. The van der Waals surface area contributed by atoms with Gasteiger partial charge < -0.3 is 10.8 Å². The summed E-state index contributed by atoms with van der Waals surface area (Å²) in [5.74, 6) is -0.395. The molecule has 0 spiro atoms. The average molecular weight is 181 g/mol. The number of carboxylic acid groups (broad SMARTS) is 1. The number of nitrogens with two attached hydrogens (primary N) is 1. The van der Waals surface area contributed by atoms with Crippen molar-refractivity contribution in [1.29, 1.82) is 0 Å². The molecule has 1 aromatic rings. The Balaban J connectivity index is 2.18. The minimum Gasteiger partial charge on any atom is -0.476 e. The van der Waals surface area contributed by atoms with Crippen molar-refractivity contribution < 1.29 is 9.90 Å². The predicted molar refractivity (Wildman–Crippen MR) is 46.3 cm³/mol. The smallest absolute Gasteiger partial charge is 0.358 e. The fourth-order valence-corrected chi connectivity index (χ4v) is 1.26. The second kappa shape index (κ2) is 2.76. The first kappa shape index (κ1) is 8.10. The summed E-state index contributed by atoms with van der Waals surface area (Å²) >= 11 is 0. The summed E-state index contributed by atoms with van der Waals surface area (Å²) in [6.45, 7) is 0.789. The molecule has 1 aliphatic carbocycles. The molecule has 1 aromatic heterocycles. The van der Waals surface area contributed by atoms with E-state index in [4.69, 9.17) is 10.8 Å². The number of carboxylic acids is 1. The van der Waals surface area contributed by atoms with E-state index >= 15 is 0 Å². The van der Waals surface area contributed by atoms with Gasteiger partial charge in [0.1, 0.15) is 0 Å². The molecule has 2 rings (SSSR count). The largest absolute Gasteiger partial charge is 0.476 e. The SMILES string of the molecule is Nc1cn(CC2CC2)nc1C(=O)O. The van der Waals surface area contributed by atoms with E-state index in [0.717, 1.165) is 6.54 Å². The summed E-state index contributed by atoms with van der Waals surface area (Å²) in [6.07, 6.45) is 4.01. The van der Waals surface area contributed by atoms with Crippen molar-refractivity contribution in [1.82, 2.24) is 9.78 Å². The Kier molecular flexibility index (Phi) is 1.72. The van der Waals surface area contributed by atoms with Crippen LogP contribution < -0.4 is 5.73 Å². The number of hydrogen-bond acceptors (Lipinski definition) is 3. The molecule has 0 bridgehead atoms. The summed E-state index contributed by atoms with van der Waals surface area (Å²) in [6, 6.07) is 0. The Labute approximate surface area is 75.2 Å². The zero-order chi connectivity index (χ0) is 9.42. The van der Waals surface area contributed by atoms with Gasteiger partial charge >= 0.3 is 5.97 Å². The van der Waals surface area contributed by atoms with Crippen molar-refractivity contribution in [3.63, 3.8) is 0 Å². The van der Waals surface area contributed by atoms with Crippen LogP contribution in [0, 0.1) is 5.92 Å². The van der Waals surface area contributed by atoms with Gasteiger partial charge in [0.2, 0.25) is 0 Å². The molecule has 70 valence electrons. The van der Waals surface area contributed by atoms with Crippen LogP contribution >= 0.6 is 0 Å². The monoisotopic (exact) mass is 181 g/mol. The Morgan fingerprint density at radius 1 is 1.77 bits per heavy atom. The van der Waals surface area contributed by atoms with E-state index in [0.29, 0.717) is 5.92 Å². The molecule has 5 heteroatoms. The van der Waals surface area contributed by atoms with E-state index in [9.17, 15) is 4.79 Å². The molecule has 0 aromatic carbocycles. The summed E-state index contributed by atoms with van der Waals surface area (Å²) in [4.78, 5) is 10.6. The first-order valence-corrected chi connectivity index (χ1v) is 4.23. The minimum absolute atomic E-state index is 0.0411. The highest BCUT2D eigenvalue weighted by Crippen LogP contribution is 2.30. The lowest BCUT2D eigenvalue weighted by molar-refractivity contribution is 0.0690. The summed E-state index contributed by atoms with van der Waals surface area (Å²) in [7, 11) is 0. The van der Waals surface area contributed by atoms with Crippen LogP contribution in [0.1, 0.15) is 23.3 Å². The molecule has 3 N–H and O–H groups in total. The Hall–Kier alpha value is -1.52. The highest BCUT2D eigenvalue weighted by molar-refractivity contribution is 5.91. The van der Waals surface area contributed by atoms with Gasteiger partial charge in [-0.05, 0) is 18.8 Å². The van der Waals surface area contributed by atoms with Gasteiger partial charge in [-0.2, -0.15) is 5.10 Å². The first-order chi connectivity index (χ1) is 6.16. The molecule has 0 unspecified atom stereocenters. The van der Waals surface area contributed by atoms with E-state index in [1.165, 1.54) is 12.8 Å². The molecule has 1 fully saturated rings. The van der Waals surface area contributed by atoms with Crippen LogP contribution in [0.25, 0.3) is 0 Å². The van der Waals surface area contributed by atoms with Crippen LogP contribution in [0.15, 0.2) is 6.20 Å². The number of anilines is 1.